The van der Waals surface area contributed by atoms with Gasteiger partial charge in [-0.2, -0.15) is 9.15 Å². The second-order valence-electron chi connectivity index (χ2n) is 13.4. The van der Waals surface area contributed by atoms with Crippen LogP contribution in [0.4, 0.5) is 46.0 Å². The van der Waals surface area contributed by atoms with E-state index in [9.17, 15) is 0 Å². The molecule has 9 nitrogen and oxygen atoms in total. The first-order valence-electron chi connectivity index (χ1n) is 17.4. The molecule has 0 N–H and O–H groups in total. The third kappa shape index (κ3) is 3.58. The summed E-state index contributed by atoms with van der Waals surface area (Å²) in [5.74, 6) is 1.70. The smallest absolute Gasteiger partial charge is 0.322 e. The van der Waals surface area contributed by atoms with Gasteiger partial charge in [0.15, 0.2) is 0 Å². The fourth-order valence-electron chi connectivity index (χ4n) is 8.69. The van der Waals surface area contributed by atoms with Crippen LogP contribution >= 0.6 is 0 Å². The third-order valence-corrected chi connectivity index (χ3v) is 10.7. The molecule has 4 aliphatic heterocycles. The number of hydrogen-bond donors (Lipinski definition) is 0. The van der Waals surface area contributed by atoms with Gasteiger partial charge in [-0.05, 0) is 82.8 Å². The van der Waals surface area contributed by atoms with Gasteiger partial charge in [-0.25, -0.2) is 0 Å². The van der Waals surface area contributed by atoms with Crippen LogP contribution < -0.4 is 19.0 Å². The second-order valence-corrected chi connectivity index (χ2v) is 13.4. The quantitative estimate of drug-likeness (QED) is 0.178. The molecule has 2 aliphatic carbocycles. The van der Waals surface area contributed by atoms with E-state index >= 15 is 0 Å². The number of nitrogens with zero attached hydrogens (tertiary/aromatic N) is 9. The Bertz CT molecular complexity index is 2610. The van der Waals surface area contributed by atoms with Crippen LogP contribution in [0.3, 0.4) is 0 Å². The first kappa shape index (κ1) is 27.7. The number of para-hydroxylation sites is 4. The molecule has 0 bridgehead atoms. The molecule has 3 aromatic carbocycles. The molecule has 0 fully saturated rings. The van der Waals surface area contributed by atoms with E-state index in [2.05, 4.69) is 128 Å². The molecular formula is C43H27N9+2. The number of rotatable bonds is 3. The Morgan fingerprint density at radius 1 is 0.481 bits per heavy atom. The summed E-state index contributed by atoms with van der Waals surface area (Å²) >= 11 is 0. The molecule has 9 heteroatoms. The largest absolute Gasteiger partial charge is 0.447 e. The first-order valence-corrected chi connectivity index (χ1v) is 17.4. The highest BCUT2D eigenvalue weighted by Crippen LogP contribution is 2.53. The molecule has 6 aliphatic rings. The fourth-order valence-corrected chi connectivity index (χ4v) is 8.69. The predicted molar refractivity (Wildman–Crippen MR) is 206 cm³/mol. The van der Waals surface area contributed by atoms with Crippen LogP contribution in [0.5, 0.6) is 0 Å². The molecule has 3 aromatic heterocycles. The van der Waals surface area contributed by atoms with Gasteiger partial charge in [-0.1, -0.05) is 66.8 Å². The normalized spacial score (nSPS) is 19.4. The molecule has 242 valence electrons. The van der Waals surface area contributed by atoms with Gasteiger partial charge in [0.2, 0.25) is 0 Å². The van der Waals surface area contributed by atoms with Crippen molar-refractivity contribution >= 4 is 68.6 Å². The highest BCUT2D eigenvalue weighted by Gasteiger charge is 2.49. The fraction of sp³-hybridized carbons (Fsp3) is 0.0465. The van der Waals surface area contributed by atoms with Gasteiger partial charge in [0.25, 0.3) is 0 Å². The van der Waals surface area contributed by atoms with Gasteiger partial charge in [-0.3, -0.25) is 9.97 Å². The van der Waals surface area contributed by atoms with E-state index in [1.54, 1.807) is 0 Å². The molecule has 0 amide bonds. The molecule has 0 saturated heterocycles. The van der Waals surface area contributed by atoms with Gasteiger partial charge in [-0.15, -0.1) is 0 Å². The van der Waals surface area contributed by atoms with Gasteiger partial charge < -0.3 is 9.80 Å². The number of aromatic nitrogens is 5. The zero-order valence-corrected chi connectivity index (χ0v) is 27.6. The third-order valence-electron chi connectivity index (χ3n) is 10.7. The molecule has 0 spiro atoms. The summed E-state index contributed by atoms with van der Waals surface area (Å²) in [5, 5.41) is 0. The highest BCUT2D eigenvalue weighted by atomic mass is 15.4. The summed E-state index contributed by atoms with van der Waals surface area (Å²) in [6, 6.07) is 35.3. The van der Waals surface area contributed by atoms with Gasteiger partial charge in [0.1, 0.15) is 34.9 Å². The SMILES string of the molecule is C1=CC2=[N+](c3nc(-c4ccccc4)nc([N+]4=C5C=CC=C6c7ncccc7N(c7ccccc74)C65)n3)c3ccccc3N3c4cccnc4C(=C1)C23. The zero-order chi connectivity index (χ0) is 33.9. The van der Waals surface area contributed by atoms with E-state index in [1.165, 1.54) is 0 Å². The number of allylic oxidation sites excluding steroid dienone is 4. The van der Waals surface area contributed by atoms with E-state index in [1.807, 2.05) is 42.7 Å². The maximum Gasteiger partial charge on any atom is 0.447 e. The summed E-state index contributed by atoms with van der Waals surface area (Å²) in [6.45, 7) is 0. The lowest BCUT2D eigenvalue weighted by Crippen LogP contribution is -2.44. The lowest BCUT2D eigenvalue weighted by Gasteiger charge is -2.35. The lowest BCUT2D eigenvalue weighted by atomic mass is 9.94. The van der Waals surface area contributed by atoms with Crippen LogP contribution in [0, 0.1) is 0 Å². The van der Waals surface area contributed by atoms with Crippen molar-refractivity contribution in [1.82, 2.24) is 34.1 Å². The van der Waals surface area contributed by atoms with E-state index < -0.39 is 0 Å². The van der Waals surface area contributed by atoms with Crippen LogP contribution in [0.1, 0.15) is 11.4 Å². The topological polar surface area (TPSA) is 77.0 Å². The molecule has 0 saturated carbocycles. The van der Waals surface area contributed by atoms with E-state index in [0.29, 0.717) is 17.7 Å². The van der Waals surface area contributed by atoms with Gasteiger partial charge >= 0.3 is 17.7 Å². The minimum absolute atomic E-state index is 0.0812. The maximum atomic E-state index is 5.44. The standard InChI is InChI=1S/C43H27N9/c1-2-12-26(13-3-1)41-46-42(51-31-18-6-4-16-29(31)49-33-22-10-24-44-37(33)27-14-8-20-35(51)39(27)49)48-43(47-41)52-32-19-7-5-17-30(32)50-34-23-11-25-45-38(34)28-15-9-21-36(52)40(28)50/h1-25,39-40H/q+2. The second kappa shape index (κ2) is 10.2. The van der Waals surface area contributed by atoms with E-state index in [0.717, 1.165) is 73.6 Å². The number of pyridine rings is 2. The summed E-state index contributed by atoms with van der Waals surface area (Å²) in [7, 11) is 0. The van der Waals surface area contributed by atoms with Crippen molar-refractivity contribution in [1.29, 1.82) is 0 Å². The number of fused-ring (bicyclic) bond motifs is 10. The Labute approximate surface area is 298 Å². The average molecular weight is 670 g/mol. The Balaban J connectivity index is 1.14. The molecule has 7 heterocycles. The van der Waals surface area contributed by atoms with Crippen molar-refractivity contribution in [2.75, 3.05) is 9.80 Å². The van der Waals surface area contributed by atoms with E-state index in [4.69, 9.17) is 24.9 Å². The average Bonchev–Trinajstić information content (AvgIpc) is 3.74. The molecule has 2 atom stereocenters. The molecule has 2 unspecified atom stereocenters. The molecule has 0 radical (unpaired) electrons. The Hall–Kier alpha value is -7.13. The van der Waals surface area contributed by atoms with Crippen molar-refractivity contribution in [3.63, 3.8) is 0 Å². The summed E-state index contributed by atoms with van der Waals surface area (Å²) in [5.41, 5.74) is 13.7. The van der Waals surface area contributed by atoms with Crippen LogP contribution in [-0.2, 0) is 0 Å². The van der Waals surface area contributed by atoms with Crippen molar-refractivity contribution in [2.24, 2.45) is 0 Å². The molecule has 12 rings (SSSR count). The van der Waals surface area contributed by atoms with Crippen LogP contribution in [0.25, 0.3) is 22.5 Å². The summed E-state index contributed by atoms with van der Waals surface area (Å²) < 4.78 is 4.43. The predicted octanol–water partition coefficient (Wildman–Crippen LogP) is 7.85. The minimum Gasteiger partial charge on any atom is -0.322 e. The zero-order valence-electron chi connectivity index (χ0n) is 27.6. The first-order chi connectivity index (χ1) is 25.8. The molecular weight excluding hydrogens is 643 g/mol. The van der Waals surface area contributed by atoms with Crippen LogP contribution in [0.15, 0.2) is 152 Å². The van der Waals surface area contributed by atoms with Crippen LogP contribution in [0.2, 0.25) is 0 Å². The van der Waals surface area contributed by atoms with Crippen molar-refractivity contribution in [3.05, 3.63) is 163 Å². The monoisotopic (exact) mass is 669 g/mol. The highest BCUT2D eigenvalue weighted by molar-refractivity contribution is 6.21. The van der Waals surface area contributed by atoms with Crippen molar-refractivity contribution < 1.29 is 0 Å². The molecule has 52 heavy (non-hydrogen) atoms. The molecule has 6 aromatic rings. The van der Waals surface area contributed by atoms with Crippen molar-refractivity contribution in [2.45, 2.75) is 12.1 Å². The lowest BCUT2D eigenvalue weighted by molar-refractivity contribution is 0.829. The van der Waals surface area contributed by atoms with Crippen molar-refractivity contribution in [3.8, 4) is 11.4 Å². The number of anilines is 4. The van der Waals surface area contributed by atoms with E-state index in [-0.39, 0.29) is 12.1 Å². The number of hydrogen-bond acceptors (Lipinski definition) is 7. The summed E-state index contributed by atoms with van der Waals surface area (Å²) in [6.07, 6.45) is 16.7. The minimum atomic E-state index is -0.0812. The van der Waals surface area contributed by atoms with Gasteiger partial charge in [0, 0.05) is 28.5 Å². The van der Waals surface area contributed by atoms with Crippen LogP contribution in [-0.4, -0.2) is 48.4 Å². The Kier molecular flexibility index (Phi) is 5.43. The maximum absolute atomic E-state index is 5.44. The van der Waals surface area contributed by atoms with Gasteiger partial charge in [0.05, 0.1) is 39.7 Å². The summed E-state index contributed by atoms with van der Waals surface area (Å²) in [4.78, 5) is 30.5. The number of benzene rings is 3. The Morgan fingerprint density at radius 2 is 0.962 bits per heavy atom. The Morgan fingerprint density at radius 3 is 1.50 bits per heavy atom.